The van der Waals surface area contributed by atoms with Crippen molar-refractivity contribution in [3.05, 3.63) is 77.4 Å². The van der Waals surface area contributed by atoms with Gasteiger partial charge in [0.25, 0.3) is 0 Å². The smallest absolute Gasteiger partial charge is 0.123 e. The summed E-state index contributed by atoms with van der Waals surface area (Å²) in [7, 11) is 0. The van der Waals surface area contributed by atoms with Crippen LogP contribution in [0.15, 0.2) is 60.7 Å². The average molecular weight is 361 g/mol. The van der Waals surface area contributed by atoms with Crippen molar-refractivity contribution >= 4 is 5.69 Å². The van der Waals surface area contributed by atoms with E-state index in [-0.39, 0.29) is 5.75 Å². The number of aliphatic hydroxyl groups is 1. The van der Waals surface area contributed by atoms with Crippen molar-refractivity contribution in [2.45, 2.75) is 19.4 Å². The third-order valence-corrected chi connectivity index (χ3v) is 4.97. The molecule has 0 bridgehead atoms. The van der Waals surface area contributed by atoms with Crippen LogP contribution in [0.25, 0.3) is 11.1 Å². The molecule has 4 heteroatoms. The van der Waals surface area contributed by atoms with Crippen LogP contribution in [-0.4, -0.2) is 23.4 Å². The molecule has 138 valence electrons. The van der Waals surface area contributed by atoms with Crippen LogP contribution in [0.1, 0.15) is 29.7 Å². The molecule has 0 amide bonds. The Bertz CT molecular complexity index is 966. The summed E-state index contributed by atoms with van der Waals surface area (Å²) in [5.74, 6) is 0.944. The second-order valence-electron chi connectivity index (χ2n) is 6.84. The fourth-order valence-corrected chi connectivity index (χ4v) is 3.64. The summed E-state index contributed by atoms with van der Waals surface area (Å²) in [5, 5.41) is 23.5. The molecule has 0 radical (unpaired) electrons. The number of para-hydroxylation sites is 1. The number of phenolic OH excluding ortho intramolecular Hbond substituents is 1. The third-order valence-electron chi connectivity index (χ3n) is 4.97. The molecule has 0 aliphatic heterocycles. The monoisotopic (exact) mass is 361 g/mol. The first kappa shape index (κ1) is 17.4. The van der Waals surface area contributed by atoms with Crippen molar-refractivity contribution in [1.29, 1.82) is 0 Å². The van der Waals surface area contributed by atoms with E-state index in [1.54, 1.807) is 13.0 Å². The maximum Gasteiger partial charge on any atom is 0.123 e. The Hall–Kier alpha value is -2.98. The molecule has 4 rings (SSSR count). The van der Waals surface area contributed by atoms with Gasteiger partial charge in [-0.15, -0.1) is 0 Å². The largest absolute Gasteiger partial charge is 0.507 e. The van der Waals surface area contributed by atoms with E-state index in [0.29, 0.717) is 18.9 Å². The van der Waals surface area contributed by atoms with E-state index in [9.17, 15) is 10.2 Å². The van der Waals surface area contributed by atoms with Gasteiger partial charge in [-0.2, -0.15) is 0 Å². The van der Waals surface area contributed by atoms with Crippen LogP contribution in [0.3, 0.4) is 0 Å². The highest BCUT2D eigenvalue weighted by Crippen LogP contribution is 2.43. The number of aliphatic hydroxyl groups excluding tert-OH is 1. The van der Waals surface area contributed by atoms with Gasteiger partial charge in [0, 0.05) is 35.8 Å². The third kappa shape index (κ3) is 3.49. The molecule has 0 saturated heterocycles. The molecule has 3 aromatic rings. The zero-order chi connectivity index (χ0) is 18.8. The van der Waals surface area contributed by atoms with Gasteiger partial charge >= 0.3 is 0 Å². The quantitative estimate of drug-likeness (QED) is 0.442. The maximum absolute atomic E-state index is 10.4. The number of phenols is 1. The number of rotatable bonds is 6. The highest BCUT2D eigenvalue weighted by Gasteiger charge is 2.22. The van der Waals surface area contributed by atoms with Gasteiger partial charge in [0.05, 0.1) is 6.10 Å². The molecule has 1 aliphatic carbocycles. The van der Waals surface area contributed by atoms with Crippen molar-refractivity contribution in [3.63, 3.8) is 0 Å². The van der Waals surface area contributed by atoms with Gasteiger partial charge in [-0.3, -0.25) is 0 Å². The van der Waals surface area contributed by atoms with Crippen LogP contribution < -0.4 is 10.1 Å². The average Bonchev–Trinajstić information content (AvgIpc) is 3.05. The predicted octanol–water partition coefficient (Wildman–Crippen LogP) is 4.51. The molecule has 1 unspecified atom stereocenters. The van der Waals surface area contributed by atoms with E-state index in [0.717, 1.165) is 34.4 Å². The Balaban J connectivity index is 1.43. The minimum absolute atomic E-state index is 0.283. The minimum Gasteiger partial charge on any atom is -0.507 e. The van der Waals surface area contributed by atoms with E-state index < -0.39 is 6.10 Å². The van der Waals surface area contributed by atoms with Crippen LogP contribution in [0.4, 0.5) is 5.69 Å². The lowest BCUT2D eigenvalue weighted by Crippen LogP contribution is -2.13. The topological polar surface area (TPSA) is 61.7 Å². The van der Waals surface area contributed by atoms with Gasteiger partial charge < -0.3 is 20.3 Å². The molecule has 1 atom stereocenters. The predicted molar refractivity (Wildman–Crippen MR) is 107 cm³/mol. The molecule has 0 heterocycles. The molecular weight excluding hydrogens is 338 g/mol. The van der Waals surface area contributed by atoms with E-state index in [1.165, 1.54) is 5.56 Å². The zero-order valence-corrected chi connectivity index (χ0v) is 15.3. The lowest BCUT2D eigenvalue weighted by molar-refractivity contribution is 0.200. The highest BCUT2D eigenvalue weighted by molar-refractivity contribution is 5.80. The van der Waals surface area contributed by atoms with Crippen molar-refractivity contribution in [1.82, 2.24) is 0 Å². The molecule has 4 nitrogen and oxygen atoms in total. The van der Waals surface area contributed by atoms with Crippen LogP contribution in [0.2, 0.25) is 0 Å². The number of anilines is 1. The summed E-state index contributed by atoms with van der Waals surface area (Å²) in [6.45, 7) is 2.80. The summed E-state index contributed by atoms with van der Waals surface area (Å²) in [6.07, 6.45) is 0.235. The van der Waals surface area contributed by atoms with Gasteiger partial charge in [-0.05, 0) is 35.7 Å². The Kier molecular flexibility index (Phi) is 4.73. The number of hydrogen-bond acceptors (Lipinski definition) is 4. The highest BCUT2D eigenvalue weighted by atomic mass is 16.5. The molecule has 0 aromatic heterocycles. The fourth-order valence-electron chi connectivity index (χ4n) is 3.64. The minimum atomic E-state index is -0.525. The molecule has 0 fully saturated rings. The number of hydrogen-bond donors (Lipinski definition) is 3. The lowest BCUT2D eigenvalue weighted by atomic mass is 10.1. The van der Waals surface area contributed by atoms with Crippen molar-refractivity contribution in [2.75, 3.05) is 18.5 Å². The number of ether oxygens (including phenoxy) is 1. The molecule has 0 saturated carbocycles. The fraction of sp³-hybridized carbons (Fsp3) is 0.217. The SMILES string of the molecule is CC(O)c1ccccc1NCCOc1cc(O)c2c(c1)-c1ccccc1C2. The van der Waals surface area contributed by atoms with Gasteiger partial charge in [0.15, 0.2) is 0 Å². The number of nitrogens with one attached hydrogen (secondary N) is 1. The van der Waals surface area contributed by atoms with Crippen LogP contribution >= 0.6 is 0 Å². The molecule has 1 aliphatic rings. The first-order chi connectivity index (χ1) is 13.1. The second kappa shape index (κ2) is 7.33. The van der Waals surface area contributed by atoms with E-state index in [4.69, 9.17) is 4.74 Å². The van der Waals surface area contributed by atoms with Crippen molar-refractivity contribution in [3.8, 4) is 22.6 Å². The van der Waals surface area contributed by atoms with E-state index >= 15 is 0 Å². The van der Waals surface area contributed by atoms with E-state index in [1.807, 2.05) is 42.5 Å². The number of aromatic hydroxyl groups is 1. The molecule has 27 heavy (non-hydrogen) atoms. The first-order valence-corrected chi connectivity index (χ1v) is 9.21. The second-order valence-corrected chi connectivity index (χ2v) is 6.84. The summed E-state index contributed by atoms with van der Waals surface area (Å²) in [4.78, 5) is 0. The lowest BCUT2D eigenvalue weighted by Gasteiger charge is -2.15. The number of fused-ring (bicyclic) bond motifs is 3. The molecule has 3 aromatic carbocycles. The van der Waals surface area contributed by atoms with Crippen molar-refractivity contribution in [2.24, 2.45) is 0 Å². The summed E-state index contributed by atoms with van der Waals surface area (Å²) >= 11 is 0. The Morgan fingerprint density at radius 3 is 2.67 bits per heavy atom. The molecule has 3 N–H and O–H groups in total. The summed E-state index contributed by atoms with van der Waals surface area (Å²) in [6, 6.07) is 19.6. The van der Waals surface area contributed by atoms with Crippen LogP contribution in [0.5, 0.6) is 11.5 Å². The van der Waals surface area contributed by atoms with Crippen LogP contribution in [0, 0.1) is 0 Å². The Labute approximate surface area is 159 Å². The van der Waals surface area contributed by atoms with Gasteiger partial charge in [-0.1, -0.05) is 42.5 Å². The standard InChI is InChI=1S/C23H23NO3/c1-15(25)18-7-4-5-9-22(18)24-10-11-27-17-13-20-19-8-3-2-6-16(19)12-21(20)23(26)14-17/h2-9,13-15,24-26H,10-12H2,1H3. The normalized spacial score (nSPS) is 13.0. The van der Waals surface area contributed by atoms with E-state index in [2.05, 4.69) is 17.4 Å². The van der Waals surface area contributed by atoms with Gasteiger partial charge in [0.2, 0.25) is 0 Å². The van der Waals surface area contributed by atoms with Crippen LogP contribution in [-0.2, 0) is 6.42 Å². The molecular formula is C23H23NO3. The van der Waals surface area contributed by atoms with Crippen molar-refractivity contribution < 1.29 is 14.9 Å². The number of benzene rings is 3. The Morgan fingerprint density at radius 1 is 1.04 bits per heavy atom. The first-order valence-electron chi connectivity index (χ1n) is 9.21. The Morgan fingerprint density at radius 2 is 1.81 bits per heavy atom. The van der Waals surface area contributed by atoms with Gasteiger partial charge in [-0.25, -0.2) is 0 Å². The molecule has 0 spiro atoms. The zero-order valence-electron chi connectivity index (χ0n) is 15.3. The summed E-state index contributed by atoms with van der Waals surface area (Å²) < 4.78 is 5.86. The maximum atomic E-state index is 10.4. The summed E-state index contributed by atoms with van der Waals surface area (Å²) in [5.41, 5.74) is 6.18. The van der Waals surface area contributed by atoms with Gasteiger partial charge in [0.1, 0.15) is 18.1 Å².